The van der Waals surface area contributed by atoms with Gasteiger partial charge in [-0.25, -0.2) is 9.18 Å². The van der Waals surface area contributed by atoms with Crippen molar-refractivity contribution in [1.82, 2.24) is 4.90 Å². The number of carbonyl (C=O) groups is 1. The molecule has 1 aromatic carbocycles. The van der Waals surface area contributed by atoms with Gasteiger partial charge in [-0.1, -0.05) is 0 Å². The van der Waals surface area contributed by atoms with E-state index in [0.29, 0.717) is 19.6 Å². The molecule has 1 heterocycles. The molecule has 1 aromatic rings. The predicted molar refractivity (Wildman–Crippen MR) is 71.5 cm³/mol. The molecule has 1 aliphatic rings. The molecule has 19 heavy (non-hydrogen) atoms. The Hall–Kier alpha value is -1.78. The van der Waals surface area contributed by atoms with E-state index in [0.717, 1.165) is 11.3 Å². The highest BCUT2D eigenvalue weighted by atomic mass is 19.1. The number of rotatable bonds is 0. The minimum atomic E-state index is -0.526. The Morgan fingerprint density at radius 1 is 1.42 bits per heavy atom. The number of halogens is 1. The fourth-order valence-electron chi connectivity index (χ4n) is 1.96. The summed E-state index contributed by atoms with van der Waals surface area (Å²) in [5.41, 5.74) is 1.11. The lowest BCUT2D eigenvalue weighted by molar-refractivity contribution is 0.0245. The number of amides is 1. The van der Waals surface area contributed by atoms with E-state index in [1.165, 1.54) is 12.1 Å². The van der Waals surface area contributed by atoms with E-state index in [2.05, 4.69) is 5.32 Å². The van der Waals surface area contributed by atoms with Gasteiger partial charge in [-0.3, -0.25) is 0 Å². The summed E-state index contributed by atoms with van der Waals surface area (Å²) in [5, 5.41) is 3.18. The lowest BCUT2D eigenvalue weighted by atomic mass is 10.1. The van der Waals surface area contributed by atoms with Crippen LogP contribution in [-0.4, -0.2) is 29.7 Å². The molecular weight excluding hydrogens is 247 g/mol. The maximum atomic E-state index is 13.3. The lowest BCUT2D eigenvalue weighted by Gasteiger charge is -2.26. The van der Waals surface area contributed by atoms with E-state index < -0.39 is 5.60 Å². The van der Waals surface area contributed by atoms with Crippen LogP contribution in [0.2, 0.25) is 0 Å². The smallest absolute Gasteiger partial charge is 0.410 e. The summed E-state index contributed by atoms with van der Waals surface area (Å²) in [4.78, 5) is 13.6. The Balaban J connectivity index is 2.15. The van der Waals surface area contributed by atoms with Gasteiger partial charge >= 0.3 is 6.09 Å². The van der Waals surface area contributed by atoms with Crippen LogP contribution in [0.3, 0.4) is 0 Å². The van der Waals surface area contributed by atoms with Crippen LogP contribution in [0.25, 0.3) is 0 Å². The van der Waals surface area contributed by atoms with Crippen molar-refractivity contribution in [3.63, 3.8) is 0 Å². The molecule has 2 rings (SSSR count). The number of nitrogens with zero attached hydrogens (tertiary/aromatic N) is 1. The molecule has 0 unspecified atom stereocenters. The van der Waals surface area contributed by atoms with Crippen LogP contribution in [0.4, 0.5) is 14.9 Å². The van der Waals surface area contributed by atoms with Gasteiger partial charge in [0.25, 0.3) is 0 Å². The molecule has 0 saturated heterocycles. The largest absolute Gasteiger partial charge is 0.444 e. The Labute approximate surface area is 112 Å². The highest BCUT2D eigenvalue weighted by molar-refractivity contribution is 5.69. The third-order valence-corrected chi connectivity index (χ3v) is 2.78. The maximum absolute atomic E-state index is 13.3. The van der Waals surface area contributed by atoms with Gasteiger partial charge in [-0.2, -0.15) is 0 Å². The van der Waals surface area contributed by atoms with Crippen LogP contribution in [0.5, 0.6) is 0 Å². The zero-order chi connectivity index (χ0) is 14.0. The topological polar surface area (TPSA) is 41.6 Å². The first kappa shape index (κ1) is 13.6. The minimum absolute atomic E-state index is 0.299. The Kier molecular flexibility index (Phi) is 3.64. The van der Waals surface area contributed by atoms with E-state index in [1.54, 1.807) is 11.0 Å². The second-order valence-corrected chi connectivity index (χ2v) is 5.63. The van der Waals surface area contributed by atoms with Gasteiger partial charge in [0.05, 0.1) is 6.54 Å². The molecule has 0 aliphatic carbocycles. The third-order valence-electron chi connectivity index (χ3n) is 2.78. The number of hydrogen-bond donors (Lipinski definition) is 1. The first-order valence-corrected chi connectivity index (χ1v) is 6.35. The van der Waals surface area contributed by atoms with Crippen LogP contribution in [0.15, 0.2) is 18.2 Å². The fraction of sp³-hybridized carbons (Fsp3) is 0.500. The zero-order valence-electron chi connectivity index (χ0n) is 11.5. The summed E-state index contributed by atoms with van der Waals surface area (Å²) >= 11 is 0. The van der Waals surface area contributed by atoms with Crippen molar-refractivity contribution in [3.8, 4) is 0 Å². The second kappa shape index (κ2) is 5.07. The summed E-state index contributed by atoms with van der Waals surface area (Å²) in [6, 6.07) is 4.56. The van der Waals surface area contributed by atoms with Crippen molar-refractivity contribution in [2.45, 2.75) is 32.9 Å². The number of hydrogen-bond acceptors (Lipinski definition) is 3. The van der Waals surface area contributed by atoms with E-state index >= 15 is 0 Å². The van der Waals surface area contributed by atoms with Crippen LogP contribution in [-0.2, 0) is 11.3 Å². The first-order valence-electron chi connectivity index (χ1n) is 6.35. The molecule has 0 fully saturated rings. The number of carbonyl (C=O) groups excluding carboxylic acids is 1. The number of anilines is 1. The Bertz CT molecular complexity index is 483. The normalized spacial score (nSPS) is 15.3. The molecule has 1 amide bonds. The summed E-state index contributed by atoms with van der Waals surface area (Å²) in [5.74, 6) is -0.299. The summed E-state index contributed by atoms with van der Waals surface area (Å²) in [6.45, 7) is 7.00. The molecule has 0 bridgehead atoms. The SMILES string of the molecule is CC(C)(C)OC(=O)N1CCNc2ccc(F)cc2C1. The van der Waals surface area contributed by atoms with Crippen molar-refractivity contribution in [3.05, 3.63) is 29.6 Å². The molecule has 0 atom stereocenters. The molecular formula is C14H19FN2O2. The predicted octanol–water partition coefficient (Wildman–Crippen LogP) is 2.99. The highest BCUT2D eigenvalue weighted by Gasteiger charge is 2.24. The number of ether oxygens (including phenoxy) is 1. The molecule has 0 aromatic heterocycles. The van der Waals surface area contributed by atoms with E-state index in [-0.39, 0.29) is 11.9 Å². The number of benzene rings is 1. The molecule has 0 radical (unpaired) electrons. The molecule has 0 saturated carbocycles. The molecule has 5 heteroatoms. The minimum Gasteiger partial charge on any atom is -0.444 e. The van der Waals surface area contributed by atoms with Gasteiger partial charge in [0.15, 0.2) is 0 Å². The summed E-state index contributed by atoms with van der Waals surface area (Å²) in [7, 11) is 0. The molecule has 104 valence electrons. The average Bonchev–Trinajstić information content (AvgIpc) is 2.48. The van der Waals surface area contributed by atoms with Gasteiger partial charge in [0.2, 0.25) is 0 Å². The van der Waals surface area contributed by atoms with Crippen LogP contribution in [0, 0.1) is 5.82 Å². The third kappa shape index (κ3) is 3.59. The Morgan fingerprint density at radius 2 is 2.16 bits per heavy atom. The van der Waals surface area contributed by atoms with Gasteiger partial charge in [0.1, 0.15) is 11.4 Å². The van der Waals surface area contributed by atoms with E-state index in [1.807, 2.05) is 20.8 Å². The fourth-order valence-corrected chi connectivity index (χ4v) is 1.96. The van der Waals surface area contributed by atoms with Crippen molar-refractivity contribution in [2.24, 2.45) is 0 Å². The molecule has 0 spiro atoms. The van der Waals surface area contributed by atoms with Crippen molar-refractivity contribution in [2.75, 3.05) is 18.4 Å². The monoisotopic (exact) mass is 266 g/mol. The average molecular weight is 266 g/mol. The van der Waals surface area contributed by atoms with Crippen LogP contribution >= 0.6 is 0 Å². The number of nitrogens with one attached hydrogen (secondary N) is 1. The Morgan fingerprint density at radius 3 is 2.84 bits per heavy atom. The second-order valence-electron chi connectivity index (χ2n) is 5.63. The van der Waals surface area contributed by atoms with E-state index in [9.17, 15) is 9.18 Å². The van der Waals surface area contributed by atoms with Crippen molar-refractivity contribution >= 4 is 11.8 Å². The van der Waals surface area contributed by atoms with E-state index in [4.69, 9.17) is 4.74 Å². The maximum Gasteiger partial charge on any atom is 0.410 e. The number of fused-ring (bicyclic) bond motifs is 1. The lowest BCUT2D eigenvalue weighted by Crippen LogP contribution is -2.37. The summed E-state index contributed by atoms with van der Waals surface area (Å²) in [6.07, 6.45) is -0.369. The van der Waals surface area contributed by atoms with Crippen molar-refractivity contribution < 1.29 is 13.9 Å². The zero-order valence-corrected chi connectivity index (χ0v) is 11.5. The van der Waals surface area contributed by atoms with Crippen LogP contribution < -0.4 is 5.32 Å². The quantitative estimate of drug-likeness (QED) is 0.785. The van der Waals surface area contributed by atoms with Gasteiger partial charge in [0, 0.05) is 18.8 Å². The molecule has 1 N–H and O–H groups in total. The summed E-state index contributed by atoms with van der Waals surface area (Å²) < 4.78 is 18.6. The standard InChI is InChI=1S/C14H19FN2O2/c1-14(2,3)19-13(18)17-7-6-16-12-5-4-11(15)8-10(12)9-17/h4-5,8,16H,6-7,9H2,1-3H3. The van der Waals surface area contributed by atoms with Gasteiger partial charge < -0.3 is 15.0 Å². The van der Waals surface area contributed by atoms with Crippen LogP contribution in [0.1, 0.15) is 26.3 Å². The highest BCUT2D eigenvalue weighted by Crippen LogP contribution is 2.22. The van der Waals surface area contributed by atoms with Gasteiger partial charge in [-0.15, -0.1) is 0 Å². The first-order chi connectivity index (χ1) is 8.85. The molecule has 4 nitrogen and oxygen atoms in total. The van der Waals surface area contributed by atoms with Crippen molar-refractivity contribution in [1.29, 1.82) is 0 Å². The van der Waals surface area contributed by atoms with Gasteiger partial charge in [-0.05, 0) is 44.5 Å². The molecule has 1 aliphatic heterocycles.